The van der Waals surface area contributed by atoms with E-state index in [0.29, 0.717) is 25.4 Å². The van der Waals surface area contributed by atoms with Gasteiger partial charge in [-0.1, -0.05) is 24.3 Å². The molecule has 0 saturated carbocycles. The molecule has 2 bridgehead atoms. The molecule has 0 spiro atoms. The molecule has 35 heavy (non-hydrogen) atoms. The first-order valence-corrected chi connectivity index (χ1v) is 11.5. The standard InChI is InChI=1S/C26H25FN4O4/c27-19-5-4-6-20(12-19)28-26(34)29-22-9-10-23-18-11-17(14-31(23)25(22)33)13-30(15-18)24(32)16-35-21-7-2-1-3-8-21/h1-10,12,17-18H,11,13-16H2,(H2,28,29,34)/t17-,18+/m0/s1. The summed E-state index contributed by atoms with van der Waals surface area (Å²) in [5.74, 6) is 0.271. The Morgan fingerprint density at radius 3 is 2.60 bits per heavy atom. The summed E-state index contributed by atoms with van der Waals surface area (Å²) < 4.78 is 20.7. The third kappa shape index (κ3) is 5.03. The number of ether oxygens (including phenoxy) is 1. The Bertz CT molecular complexity index is 1310. The monoisotopic (exact) mass is 476 g/mol. The average molecular weight is 477 g/mol. The summed E-state index contributed by atoms with van der Waals surface area (Å²) in [6.45, 7) is 1.51. The molecule has 0 aliphatic carbocycles. The number of fused-ring (bicyclic) bond motifs is 4. The van der Waals surface area contributed by atoms with Crippen LogP contribution in [0, 0.1) is 11.7 Å². The summed E-state index contributed by atoms with van der Waals surface area (Å²) in [5, 5.41) is 5.09. The van der Waals surface area contributed by atoms with Crippen LogP contribution in [0.4, 0.5) is 20.6 Å². The van der Waals surface area contributed by atoms with E-state index in [1.165, 1.54) is 18.2 Å². The van der Waals surface area contributed by atoms with E-state index in [1.54, 1.807) is 16.7 Å². The second-order valence-corrected chi connectivity index (χ2v) is 8.88. The van der Waals surface area contributed by atoms with Gasteiger partial charge in [0.25, 0.3) is 11.5 Å². The average Bonchev–Trinajstić information content (AvgIpc) is 2.85. The normalized spacial score (nSPS) is 18.4. The SMILES string of the molecule is O=C(Nc1cccc(F)c1)Nc1ccc2n(c1=O)C[C@H]1C[C@@H]2CN(C(=O)COc2ccccc2)C1. The third-order valence-corrected chi connectivity index (χ3v) is 6.39. The van der Waals surface area contributed by atoms with Crippen molar-refractivity contribution in [2.45, 2.75) is 18.9 Å². The molecule has 2 atom stereocenters. The topological polar surface area (TPSA) is 92.7 Å². The van der Waals surface area contributed by atoms with Crippen LogP contribution in [-0.4, -0.2) is 41.1 Å². The van der Waals surface area contributed by atoms with Gasteiger partial charge in [-0.05, 0) is 54.8 Å². The van der Waals surface area contributed by atoms with Crippen LogP contribution in [0.25, 0.3) is 0 Å². The second-order valence-electron chi connectivity index (χ2n) is 8.88. The van der Waals surface area contributed by atoms with Gasteiger partial charge in [-0.25, -0.2) is 9.18 Å². The molecule has 1 saturated heterocycles. The zero-order chi connectivity index (χ0) is 24.4. The molecular formula is C26H25FN4O4. The van der Waals surface area contributed by atoms with Gasteiger partial charge in [0.1, 0.15) is 17.3 Å². The van der Waals surface area contributed by atoms with Gasteiger partial charge >= 0.3 is 6.03 Å². The molecule has 3 aromatic rings. The molecule has 2 aliphatic heterocycles. The molecule has 9 heteroatoms. The quantitative estimate of drug-likeness (QED) is 0.588. The molecule has 2 N–H and O–H groups in total. The highest BCUT2D eigenvalue weighted by Gasteiger charge is 2.36. The minimum Gasteiger partial charge on any atom is -0.484 e. The van der Waals surface area contributed by atoms with E-state index in [0.717, 1.165) is 12.1 Å². The van der Waals surface area contributed by atoms with Crippen LogP contribution in [0.1, 0.15) is 18.0 Å². The van der Waals surface area contributed by atoms with Crippen molar-refractivity contribution < 1.29 is 18.7 Å². The maximum Gasteiger partial charge on any atom is 0.323 e. The number of hydrogen-bond acceptors (Lipinski definition) is 4. The molecule has 180 valence electrons. The number of anilines is 2. The maximum absolute atomic E-state index is 13.4. The highest BCUT2D eigenvalue weighted by molar-refractivity contribution is 5.99. The predicted molar refractivity (Wildman–Crippen MR) is 129 cm³/mol. The number of piperidine rings is 1. The zero-order valence-electron chi connectivity index (χ0n) is 18.9. The molecule has 5 rings (SSSR count). The van der Waals surface area contributed by atoms with E-state index in [-0.39, 0.29) is 41.3 Å². The predicted octanol–water partition coefficient (Wildman–Crippen LogP) is 3.66. The molecule has 1 fully saturated rings. The van der Waals surface area contributed by atoms with Crippen molar-refractivity contribution in [3.8, 4) is 5.75 Å². The number of hydrogen-bond donors (Lipinski definition) is 2. The molecule has 8 nitrogen and oxygen atoms in total. The Morgan fingerprint density at radius 1 is 0.971 bits per heavy atom. The number of amides is 3. The Morgan fingerprint density at radius 2 is 1.80 bits per heavy atom. The smallest absolute Gasteiger partial charge is 0.323 e. The number of nitrogens with zero attached hydrogens (tertiary/aromatic N) is 2. The first-order valence-electron chi connectivity index (χ1n) is 11.5. The fourth-order valence-electron chi connectivity index (χ4n) is 4.85. The van der Waals surface area contributed by atoms with Gasteiger partial charge in [0.15, 0.2) is 6.61 Å². The van der Waals surface area contributed by atoms with Crippen LogP contribution in [0.5, 0.6) is 5.75 Å². The van der Waals surface area contributed by atoms with E-state index in [1.807, 2.05) is 41.3 Å². The summed E-state index contributed by atoms with van der Waals surface area (Å²) in [7, 11) is 0. The van der Waals surface area contributed by atoms with Crippen molar-refractivity contribution in [3.63, 3.8) is 0 Å². The van der Waals surface area contributed by atoms with Crippen LogP contribution < -0.4 is 20.9 Å². The number of carbonyl (C=O) groups excluding carboxylic acids is 2. The number of aromatic nitrogens is 1. The van der Waals surface area contributed by atoms with Gasteiger partial charge in [-0.2, -0.15) is 0 Å². The fraction of sp³-hybridized carbons (Fsp3) is 0.269. The van der Waals surface area contributed by atoms with E-state index in [4.69, 9.17) is 4.74 Å². The summed E-state index contributed by atoms with van der Waals surface area (Å²) in [6, 6.07) is 17.5. The highest BCUT2D eigenvalue weighted by atomic mass is 19.1. The lowest BCUT2D eigenvalue weighted by Crippen LogP contribution is -2.50. The molecule has 2 aromatic carbocycles. The van der Waals surface area contributed by atoms with Crippen LogP contribution in [0.2, 0.25) is 0 Å². The molecule has 0 radical (unpaired) electrons. The van der Waals surface area contributed by atoms with Gasteiger partial charge in [0.05, 0.1) is 0 Å². The molecule has 3 heterocycles. The van der Waals surface area contributed by atoms with Crippen molar-refractivity contribution in [2.24, 2.45) is 5.92 Å². The van der Waals surface area contributed by atoms with Gasteiger partial charge < -0.3 is 24.8 Å². The Balaban J connectivity index is 1.25. The van der Waals surface area contributed by atoms with Crippen LogP contribution in [0.3, 0.4) is 0 Å². The number of benzene rings is 2. The van der Waals surface area contributed by atoms with Crippen LogP contribution in [0.15, 0.2) is 71.5 Å². The van der Waals surface area contributed by atoms with E-state index in [9.17, 15) is 18.8 Å². The molecule has 1 aromatic heterocycles. The van der Waals surface area contributed by atoms with E-state index < -0.39 is 11.8 Å². The molecule has 2 aliphatic rings. The van der Waals surface area contributed by atoms with Gasteiger partial charge in [-0.15, -0.1) is 0 Å². The first-order chi connectivity index (χ1) is 17.0. The number of pyridine rings is 1. The number of urea groups is 1. The van der Waals surface area contributed by atoms with Crippen molar-refractivity contribution in [1.29, 1.82) is 0 Å². The molecule has 3 amide bonds. The zero-order valence-corrected chi connectivity index (χ0v) is 18.9. The van der Waals surface area contributed by atoms with Crippen molar-refractivity contribution in [1.82, 2.24) is 9.47 Å². The number of carbonyl (C=O) groups is 2. The Hall–Kier alpha value is -4.14. The Labute approximate surface area is 201 Å². The number of likely N-dealkylation sites (tertiary alicyclic amines) is 1. The maximum atomic E-state index is 13.4. The van der Waals surface area contributed by atoms with Crippen molar-refractivity contribution in [3.05, 3.63) is 88.6 Å². The second kappa shape index (κ2) is 9.61. The van der Waals surface area contributed by atoms with Gasteiger partial charge in [-0.3, -0.25) is 9.59 Å². The largest absolute Gasteiger partial charge is 0.484 e. The van der Waals surface area contributed by atoms with E-state index >= 15 is 0 Å². The van der Waals surface area contributed by atoms with Gasteiger partial charge in [0.2, 0.25) is 0 Å². The number of para-hydroxylation sites is 1. The minimum atomic E-state index is -0.626. The lowest BCUT2D eigenvalue weighted by molar-refractivity contribution is -0.136. The number of rotatable bonds is 5. The first kappa shape index (κ1) is 22.6. The Kier molecular flexibility index (Phi) is 6.22. The summed E-state index contributed by atoms with van der Waals surface area (Å²) >= 11 is 0. The number of nitrogens with one attached hydrogen (secondary N) is 2. The van der Waals surface area contributed by atoms with Gasteiger partial charge in [0, 0.05) is 36.9 Å². The number of halogens is 1. The highest BCUT2D eigenvalue weighted by Crippen LogP contribution is 2.35. The summed E-state index contributed by atoms with van der Waals surface area (Å²) in [6.07, 6.45) is 0.898. The van der Waals surface area contributed by atoms with Crippen molar-refractivity contribution >= 4 is 23.3 Å². The lowest BCUT2D eigenvalue weighted by atomic mass is 9.83. The minimum absolute atomic E-state index is 0.0282. The van der Waals surface area contributed by atoms with Crippen LogP contribution >= 0.6 is 0 Å². The fourth-order valence-corrected chi connectivity index (χ4v) is 4.85. The summed E-state index contributed by atoms with van der Waals surface area (Å²) in [4.78, 5) is 40.1. The van der Waals surface area contributed by atoms with E-state index in [2.05, 4.69) is 10.6 Å². The molecular weight excluding hydrogens is 451 g/mol. The lowest BCUT2D eigenvalue weighted by Gasteiger charge is -2.42. The summed E-state index contributed by atoms with van der Waals surface area (Å²) in [5.41, 5.74) is 0.991. The molecule has 0 unspecified atom stereocenters. The van der Waals surface area contributed by atoms with Crippen LogP contribution in [-0.2, 0) is 11.3 Å². The third-order valence-electron chi connectivity index (χ3n) is 6.39. The van der Waals surface area contributed by atoms with Crippen molar-refractivity contribution in [2.75, 3.05) is 30.3 Å².